The van der Waals surface area contributed by atoms with Crippen LogP contribution >= 0.6 is 11.8 Å². The number of nitrogens with zero attached hydrogens (tertiary/aromatic N) is 6. The van der Waals surface area contributed by atoms with Gasteiger partial charge in [0.05, 0.1) is 12.3 Å². The van der Waals surface area contributed by atoms with Crippen LogP contribution in [0.25, 0.3) is 17.1 Å². The van der Waals surface area contributed by atoms with Gasteiger partial charge in [-0.2, -0.15) is 5.10 Å². The highest BCUT2D eigenvalue weighted by atomic mass is 32.2. The van der Waals surface area contributed by atoms with Crippen LogP contribution in [0.4, 0.5) is 0 Å². The number of para-hydroxylation sites is 1. The molecule has 0 aliphatic carbocycles. The number of carbonyl (C=O) groups excluding carboxylic acids is 1. The molecule has 8 nitrogen and oxygen atoms in total. The zero-order valence-corrected chi connectivity index (χ0v) is 19.7. The number of hydrogen-bond acceptors (Lipinski definition) is 6. The summed E-state index contributed by atoms with van der Waals surface area (Å²) in [5.41, 5.74) is 4.04. The van der Waals surface area contributed by atoms with Crippen LogP contribution in [0.5, 0.6) is 0 Å². The third kappa shape index (κ3) is 5.64. The van der Waals surface area contributed by atoms with Gasteiger partial charge in [-0.05, 0) is 23.3 Å². The fraction of sp³-hybridized carbons (Fsp3) is 0.115. The summed E-state index contributed by atoms with van der Waals surface area (Å²) in [6.45, 7) is 1.09. The molecule has 0 aliphatic rings. The molecule has 3 aromatic carbocycles. The monoisotopic (exact) mass is 481 g/mol. The van der Waals surface area contributed by atoms with E-state index in [-0.39, 0.29) is 11.7 Å². The van der Waals surface area contributed by atoms with Gasteiger partial charge in [-0.25, -0.2) is 9.67 Å². The molecule has 2 heterocycles. The van der Waals surface area contributed by atoms with Crippen molar-refractivity contribution in [1.29, 1.82) is 0 Å². The van der Waals surface area contributed by atoms with Crippen LogP contribution in [0.15, 0.2) is 103 Å². The van der Waals surface area contributed by atoms with E-state index in [1.165, 1.54) is 18.1 Å². The van der Waals surface area contributed by atoms with Gasteiger partial charge in [0, 0.05) is 17.8 Å². The van der Waals surface area contributed by atoms with Gasteiger partial charge < -0.3 is 5.32 Å². The van der Waals surface area contributed by atoms with E-state index >= 15 is 0 Å². The number of hydrogen-bond donors (Lipinski definition) is 1. The van der Waals surface area contributed by atoms with Crippen LogP contribution in [0.2, 0.25) is 0 Å². The minimum absolute atomic E-state index is 0.0689. The summed E-state index contributed by atoms with van der Waals surface area (Å²) in [5.74, 6) is 0.905. The van der Waals surface area contributed by atoms with Crippen LogP contribution in [-0.4, -0.2) is 41.2 Å². The second kappa shape index (κ2) is 10.8. The van der Waals surface area contributed by atoms with E-state index in [9.17, 15) is 4.79 Å². The molecule has 2 aromatic heterocycles. The number of thioether (sulfide) groups is 1. The lowest BCUT2D eigenvalue weighted by molar-refractivity contribution is -0.118. The Kier molecular flexibility index (Phi) is 6.95. The average molecular weight is 482 g/mol. The van der Waals surface area contributed by atoms with Crippen molar-refractivity contribution in [3.8, 4) is 17.1 Å². The summed E-state index contributed by atoms with van der Waals surface area (Å²) < 4.78 is 3.75. The minimum atomic E-state index is -0.0689. The Morgan fingerprint density at radius 3 is 2.43 bits per heavy atom. The van der Waals surface area contributed by atoms with Gasteiger partial charge in [0.25, 0.3) is 0 Å². The number of benzene rings is 3. The molecule has 35 heavy (non-hydrogen) atoms. The Hall–Kier alpha value is -4.24. The fourth-order valence-electron chi connectivity index (χ4n) is 3.67. The molecule has 0 atom stereocenters. The Morgan fingerprint density at radius 1 is 0.886 bits per heavy atom. The molecule has 1 amide bonds. The number of amides is 1. The maximum Gasteiger partial charge on any atom is 0.230 e. The van der Waals surface area contributed by atoms with E-state index in [1.54, 1.807) is 11.0 Å². The SMILES string of the molecule is O=C(CSc1nnc(-c2ccccc2)n1-c1ccccc1)NCc1cccc(Cn2cncn2)c1. The van der Waals surface area contributed by atoms with E-state index in [0.717, 1.165) is 28.2 Å². The Morgan fingerprint density at radius 2 is 1.66 bits per heavy atom. The molecule has 0 radical (unpaired) electrons. The number of carbonyl (C=O) groups is 1. The van der Waals surface area contributed by atoms with Crippen molar-refractivity contribution < 1.29 is 4.79 Å². The van der Waals surface area contributed by atoms with Gasteiger partial charge in [-0.3, -0.25) is 9.36 Å². The number of aromatic nitrogens is 6. The molecule has 0 fully saturated rings. The third-order valence-electron chi connectivity index (χ3n) is 5.30. The van der Waals surface area contributed by atoms with Gasteiger partial charge >= 0.3 is 0 Å². The fourth-order valence-corrected chi connectivity index (χ4v) is 4.45. The van der Waals surface area contributed by atoms with Gasteiger partial charge in [0.15, 0.2) is 11.0 Å². The smallest absolute Gasteiger partial charge is 0.230 e. The Labute approximate surface area is 207 Å². The lowest BCUT2D eigenvalue weighted by Gasteiger charge is -2.11. The maximum absolute atomic E-state index is 12.6. The molecule has 9 heteroatoms. The molecule has 0 unspecified atom stereocenters. The van der Waals surface area contributed by atoms with E-state index in [1.807, 2.05) is 83.4 Å². The van der Waals surface area contributed by atoms with Crippen LogP contribution in [0.3, 0.4) is 0 Å². The average Bonchev–Trinajstić information content (AvgIpc) is 3.57. The van der Waals surface area contributed by atoms with Gasteiger partial charge in [-0.15, -0.1) is 10.2 Å². The van der Waals surface area contributed by atoms with Crippen molar-refractivity contribution in [2.75, 3.05) is 5.75 Å². The highest BCUT2D eigenvalue weighted by Gasteiger charge is 2.17. The predicted molar refractivity (Wildman–Crippen MR) is 135 cm³/mol. The van der Waals surface area contributed by atoms with E-state index in [0.29, 0.717) is 18.2 Å². The summed E-state index contributed by atoms with van der Waals surface area (Å²) in [7, 11) is 0. The Balaban J connectivity index is 1.24. The van der Waals surface area contributed by atoms with Crippen LogP contribution in [-0.2, 0) is 17.9 Å². The first-order chi connectivity index (χ1) is 17.3. The van der Waals surface area contributed by atoms with Crippen LogP contribution in [0.1, 0.15) is 11.1 Å². The largest absolute Gasteiger partial charge is 0.351 e. The van der Waals surface area contributed by atoms with Gasteiger partial charge in [-0.1, -0.05) is 84.6 Å². The normalized spacial score (nSPS) is 10.9. The molecule has 0 spiro atoms. The van der Waals surface area contributed by atoms with Crippen molar-refractivity contribution in [2.45, 2.75) is 18.2 Å². The summed E-state index contributed by atoms with van der Waals surface area (Å²) in [6.07, 6.45) is 3.20. The molecular formula is C26H23N7OS. The molecule has 5 aromatic rings. The van der Waals surface area contributed by atoms with Crippen molar-refractivity contribution in [2.24, 2.45) is 0 Å². The zero-order valence-electron chi connectivity index (χ0n) is 18.9. The second-order valence-electron chi connectivity index (χ2n) is 7.82. The third-order valence-corrected chi connectivity index (χ3v) is 6.23. The van der Waals surface area contributed by atoms with E-state index in [4.69, 9.17) is 0 Å². The Bertz CT molecular complexity index is 1390. The molecule has 174 valence electrons. The molecule has 0 saturated carbocycles. The standard InChI is InChI=1S/C26H23N7OS/c34-24(28-15-20-8-7-9-21(14-20)16-32-19-27-18-29-32)17-35-26-31-30-25(22-10-3-1-4-11-22)33(26)23-12-5-2-6-13-23/h1-14,18-19H,15-17H2,(H,28,34). The number of nitrogens with one attached hydrogen (secondary N) is 1. The summed E-state index contributed by atoms with van der Waals surface area (Å²) in [4.78, 5) is 16.6. The number of rotatable bonds is 9. The molecular weight excluding hydrogens is 458 g/mol. The van der Waals surface area contributed by atoms with Crippen molar-refractivity contribution in [1.82, 2.24) is 34.8 Å². The lowest BCUT2D eigenvalue weighted by atomic mass is 10.1. The summed E-state index contributed by atoms with van der Waals surface area (Å²) in [6, 6.07) is 27.9. The maximum atomic E-state index is 12.6. The molecule has 0 saturated heterocycles. The first-order valence-electron chi connectivity index (χ1n) is 11.1. The first-order valence-corrected chi connectivity index (χ1v) is 12.1. The highest BCUT2D eigenvalue weighted by Crippen LogP contribution is 2.27. The topological polar surface area (TPSA) is 90.5 Å². The molecule has 1 N–H and O–H groups in total. The second-order valence-corrected chi connectivity index (χ2v) is 8.76. The van der Waals surface area contributed by atoms with Crippen molar-refractivity contribution in [3.63, 3.8) is 0 Å². The molecule has 0 bridgehead atoms. The first kappa shape index (κ1) is 22.5. The van der Waals surface area contributed by atoms with Gasteiger partial charge in [0.2, 0.25) is 5.91 Å². The summed E-state index contributed by atoms with van der Waals surface area (Å²) in [5, 5.41) is 16.6. The van der Waals surface area contributed by atoms with Crippen LogP contribution < -0.4 is 5.32 Å². The van der Waals surface area contributed by atoms with E-state index < -0.39 is 0 Å². The summed E-state index contributed by atoms with van der Waals surface area (Å²) >= 11 is 1.37. The lowest BCUT2D eigenvalue weighted by Crippen LogP contribution is -2.24. The van der Waals surface area contributed by atoms with Crippen molar-refractivity contribution in [3.05, 3.63) is 109 Å². The van der Waals surface area contributed by atoms with Crippen LogP contribution in [0, 0.1) is 0 Å². The van der Waals surface area contributed by atoms with Crippen molar-refractivity contribution >= 4 is 17.7 Å². The molecule has 0 aliphatic heterocycles. The minimum Gasteiger partial charge on any atom is -0.351 e. The van der Waals surface area contributed by atoms with Gasteiger partial charge in [0.1, 0.15) is 12.7 Å². The van der Waals surface area contributed by atoms with E-state index in [2.05, 4.69) is 31.7 Å². The molecule has 5 rings (SSSR count). The highest BCUT2D eigenvalue weighted by molar-refractivity contribution is 7.99. The quantitative estimate of drug-likeness (QED) is 0.320. The predicted octanol–water partition coefficient (Wildman–Crippen LogP) is 3.98. The zero-order chi connectivity index (χ0) is 23.9.